The van der Waals surface area contributed by atoms with E-state index in [1.54, 1.807) is 0 Å². The van der Waals surface area contributed by atoms with Crippen LogP contribution < -0.4 is 0 Å². The Morgan fingerprint density at radius 2 is 1.75 bits per heavy atom. The average molecular weight is 296 g/mol. The zero-order valence-corrected chi connectivity index (χ0v) is 12.7. The molecule has 0 aliphatic carbocycles. The molecule has 0 bridgehead atoms. The van der Waals surface area contributed by atoms with Crippen LogP contribution in [0.1, 0.15) is 20.8 Å². The van der Waals surface area contributed by atoms with Gasteiger partial charge >= 0.3 is 0 Å². The van der Waals surface area contributed by atoms with E-state index in [2.05, 4.69) is 0 Å². The van der Waals surface area contributed by atoms with E-state index >= 15 is 0 Å². The SMILES string of the molecule is C[C@@H]1OC(Sc2ccccc2)[C@@H](O)[C@@H]2OC(C)(C)O[C@@H]21. The molecule has 0 saturated carbocycles. The van der Waals surface area contributed by atoms with E-state index < -0.39 is 11.9 Å². The summed E-state index contributed by atoms with van der Waals surface area (Å²) < 4.78 is 17.6. The zero-order chi connectivity index (χ0) is 14.3. The summed E-state index contributed by atoms with van der Waals surface area (Å²) >= 11 is 1.52. The molecule has 0 amide bonds. The van der Waals surface area contributed by atoms with Crippen molar-refractivity contribution in [1.29, 1.82) is 0 Å². The summed E-state index contributed by atoms with van der Waals surface area (Å²) in [5.74, 6) is -0.666. The highest BCUT2D eigenvalue weighted by Crippen LogP contribution is 2.41. The average Bonchev–Trinajstić information content (AvgIpc) is 2.74. The van der Waals surface area contributed by atoms with Crippen molar-refractivity contribution >= 4 is 11.8 Å². The van der Waals surface area contributed by atoms with Crippen molar-refractivity contribution in [2.24, 2.45) is 0 Å². The van der Waals surface area contributed by atoms with Crippen molar-refractivity contribution in [2.75, 3.05) is 0 Å². The van der Waals surface area contributed by atoms with Crippen molar-refractivity contribution in [3.05, 3.63) is 30.3 Å². The van der Waals surface area contributed by atoms with Gasteiger partial charge in [0.2, 0.25) is 0 Å². The maximum Gasteiger partial charge on any atom is 0.164 e. The monoisotopic (exact) mass is 296 g/mol. The molecule has 2 aliphatic rings. The first-order valence-electron chi connectivity index (χ1n) is 6.87. The van der Waals surface area contributed by atoms with Crippen LogP contribution in [-0.4, -0.2) is 40.7 Å². The molecule has 2 aliphatic heterocycles. The van der Waals surface area contributed by atoms with Crippen molar-refractivity contribution in [1.82, 2.24) is 0 Å². The molecule has 1 N–H and O–H groups in total. The molecule has 5 atom stereocenters. The summed E-state index contributed by atoms with van der Waals surface area (Å²) in [6.45, 7) is 5.70. The number of fused-ring (bicyclic) bond motifs is 1. The highest BCUT2D eigenvalue weighted by Gasteiger charge is 2.53. The van der Waals surface area contributed by atoms with E-state index in [9.17, 15) is 5.11 Å². The predicted octanol–water partition coefficient (Wildman–Crippen LogP) is 2.40. The van der Waals surface area contributed by atoms with Crippen molar-refractivity contribution in [2.45, 2.75) is 61.3 Å². The van der Waals surface area contributed by atoms with Gasteiger partial charge in [0.15, 0.2) is 5.79 Å². The second-order valence-electron chi connectivity index (χ2n) is 5.70. The van der Waals surface area contributed by atoms with Gasteiger partial charge in [-0.25, -0.2) is 0 Å². The standard InChI is InChI=1S/C15H20O4S/c1-9-12-13(19-15(2,3)18-12)11(16)14(17-9)20-10-7-5-4-6-8-10/h4-9,11-14,16H,1-3H3/t9-,11-,12+,13-,14?/m0/s1. The highest BCUT2D eigenvalue weighted by molar-refractivity contribution is 7.99. The summed E-state index contributed by atoms with van der Waals surface area (Å²) in [6.07, 6.45) is -1.36. The number of ether oxygens (including phenoxy) is 3. The third-order valence-electron chi connectivity index (χ3n) is 3.59. The Bertz CT molecular complexity index is 464. The minimum absolute atomic E-state index is 0.105. The molecular weight excluding hydrogens is 276 g/mol. The molecule has 110 valence electrons. The second kappa shape index (κ2) is 5.31. The summed E-state index contributed by atoms with van der Waals surface area (Å²) in [5.41, 5.74) is -0.342. The quantitative estimate of drug-likeness (QED) is 0.908. The molecule has 1 unspecified atom stereocenters. The Labute approximate surface area is 123 Å². The largest absolute Gasteiger partial charge is 0.387 e. The molecule has 1 aromatic carbocycles. The number of rotatable bonds is 2. The lowest BCUT2D eigenvalue weighted by atomic mass is 10.0. The fourth-order valence-electron chi connectivity index (χ4n) is 2.70. The number of thioether (sulfide) groups is 1. The van der Waals surface area contributed by atoms with Crippen LogP contribution in [0.5, 0.6) is 0 Å². The van der Waals surface area contributed by atoms with E-state index in [-0.39, 0.29) is 23.7 Å². The Morgan fingerprint density at radius 1 is 1.10 bits per heavy atom. The van der Waals surface area contributed by atoms with Crippen molar-refractivity contribution in [3.63, 3.8) is 0 Å². The molecule has 0 aromatic heterocycles. The third kappa shape index (κ3) is 2.73. The molecule has 1 aromatic rings. The summed E-state index contributed by atoms with van der Waals surface area (Å²) in [5, 5.41) is 10.5. The van der Waals surface area contributed by atoms with Crippen LogP contribution in [0.3, 0.4) is 0 Å². The lowest BCUT2D eigenvalue weighted by Gasteiger charge is -2.38. The van der Waals surface area contributed by atoms with Crippen LogP contribution >= 0.6 is 11.8 Å². The van der Waals surface area contributed by atoms with Gasteiger partial charge < -0.3 is 19.3 Å². The molecule has 2 saturated heterocycles. The number of benzene rings is 1. The molecule has 0 spiro atoms. The molecular formula is C15H20O4S. The highest BCUT2D eigenvalue weighted by atomic mass is 32.2. The van der Waals surface area contributed by atoms with Gasteiger partial charge in [0.05, 0.1) is 6.10 Å². The Hall–Kier alpha value is -0.590. The van der Waals surface area contributed by atoms with E-state index in [4.69, 9.17) is 14.2 Å². The fraction of sp³-hybridized carbons (Fsp3) is 0.600. The second-order valence-corrected chi connectivity index (χ2v) is 6.87. The van der Waals surface area contributed by atoms with Gasteiger partial charge in [-0.3, -0.25) is 0 Å². The van der Waals surface area contributed by atoms with Crippen LogP contribution in [-0.2, 0) is 14.2 Å². The molecule has 0 radical (unpaired) electrons. The van der Waals surface area contributed by atoms with Crippen LogP contribution in [0.2, 0.25) is 0 Å². The first-order valence-corrected chi connectivity index (χ1v) is 7.75. The summed E-state index contributed by atoms with van der Waals surface area (Å²) in [4.78, 5) is 1.07. The maximum absolute atomic E-state index is 10.5. The first-order chi connectivity index (χ1) is 9.46. The molecule has 2 fully saturated rings. The van der Waals surface area contributed by atoms with Gasteiger partial charge in [-0.2, -0.15) is 0 Å². The van der Waals surface area contributed by atoms with Gasteiger partial charge in [-0.05, 0) is 32.9 Å². The zero-order valence-electron chi connectivity index (χ0n) is 11.9. The van der Waals surface area contributed by atoms with Crippen LogP contribution in [0.4, 0.5) is 0 Å². The van der Waals surface area contributed by atoms with Gasteiger partial charge in [-0.1, -0.05) is 30.0 Å². The van der Waals surface area contributed by atoms with Gasteiger partial charge in [-0.15, -0.1) is 0 Å². The smallest absolute Gasteiger partial charge is 0.164 e. The Kier molecular flexibility index (Phi) is 3.81. The van der Waals surface area contributed by atoms with Crippen LogP contribution in [0, 0.1) is 0 Å². The van der Waals surface area contributed by atoms with Gasteiger partial charge in [0, 0.05) is 4.90 Å². The number of aliphatic hydroxyl groups excluding tert-OH is 1. The number of hydrogen-bond acceptors (Lipinski definition) is 5. The maximum atomic E-state index is 10.5. The number of aliphatic hydroxyl groups is 1. The summed E-state index contributed by atoms with van der Waals surface area (Å²) in [6, 6.07) is 9.93. The predicted molar refractivity (Wildman–Crippen MR) is 76.5 cm³/mol. The third-order valence-corrected chi connectivity index (χ3v) is 4.75. The fourth-order valence-corrected chi connectivity index (χ4v) is 3.81. The lowest BCUT2D eigenvalue weighted by molar-refractivity contribution is -0.153. The van der Waals surface area contributed by atoms with Gasteiger partial charge in [0.25, 0.3) is 0 Å². The van der Waals surface area contributed by atoms with Crippen molar-refractivity contribution < 1.29 is 19.3 Å². The van der Waals surface area contributed by atoms with E-state index in [0.717, 1.165) is 4.90 Å². The first kappa shape index (κ1) is 14.4. The Balaban J connectivity index is 1.75. The van der Waals surface area contributed by atoms with E-state index in [1.807, 2.05) is 51.1 Å². The van der Waals surface area contributed by atoms with Crippen molar-refractivity contribution in [3.8, 4) is 0 Å². The Morgan fingerprint density at radius 3 is 2.45 bits per heavy atom. The molecule has 4 nitrogen and oxygen atoms in total. The molecule has 3 rings (SSSR count). The minimum atomic E-state index is -0.705. The normalized spacial score (nSPS) is 39.5. The van der Waals surface area contributed by atoms with E-state index in [0.29, 0.717) is 0 Å². The molecule has 2 heterocycles. The van der Waals surface area contributed by atoms with Crippen LogP contribution in [0.15, 0.2) is 35.2 Å². The van der Waals surface area contributed by atoms with Gasteiger partial charge in [0.1, 0.15) is 23.7 Å². The molecule has 20 heavy (non-hydrogen) atoms. The number of hydrogen-bond donors (Lipinski definition) is 1. The van der Waals surface area contributed by atoms with Crippen LogP contribution in [0.25, 0.3) is 0 Å². The summed E-state index contributed by atoms with van der Waals surface area (Å²) in [7, 11) is 0. The molecule has 5 heteroatoms. The lowest BCUT2D eigenvalue weighted by Crippen LogP contribution is -2.54. The minimum Gasteiger partial charge on any atom is -0.387 e. The topological polar surface area (TPSA) is 47.9 Å². The van der Waals surface area contributed by atoms with E-state index in [1.165, 1.54) is 11.8 Å².